The van der Waals surface area contributed by atoms with E-state index in [1.807, 2.05) is 30.3 Å². The van der Waals surface area contributed by atoms with Crippen LogP contribution in [0.5, 0.6) is 0 Å². The Balaban J connectivity index is 2.37. The zero-order chi connectivity index (χ0) is 12.3. The summed E-state index contributed by atoms with van der Waals surface area (Å²) >= 11 is 0. The maximum Gasteiger partial charge on any atom is 0.357 e. The molecule has 0 bridgehead atoms. The minimum atomic E-state index is -1.07. The van der Waals surface area contributed by atoms with Crippen LogP contribution in [0.2, 0.25) is 0 Å². The van der Waals surface area contributed by atoms with Gasteiger partial charge in [0.25, 0.3) is 0 Å². The SMILES string of the molecule is Cn1cc(C#Cc2ccccc2)c(C(=O)O)n1. The molecule has 0 fully saturated rings. The minimum absolute atomic E-state index is 0.0177. The van der Waals surface area contributed by atoms with Crippen molar-refractivity contribution < 1.29 is 9.90 Å². The highest BCUT2D eigenvalue weighted by molar-refractivity contribution is 5.88. The molecule has 0 aliphatic heterocycles. The van der Waals surface area contributed by atoms with E-state index in [9.17, 15) is 4.79 Å². The van der Waals surface area contributed by atoms with Gasteiger partial charge >= 0.3 is 5.97 Å². The van der Waals surface area contributed by atoms with E-state index in [2.05, 4.69) is 16.9 Å². The minimum Gasteiger partial charge on any atom is -0.476 e. The molecule has 0 amide bonds. The van der Waals surface area contributed by atoms with Crippen LogP contribution in [-0.2, 0) is 7.05 Å². The molecule has 2 aromatic rings. The summed E-state index contributed by atoms with van der Waals surface area (Å²) in [5.74, 6) is 4.65. The van der Waals surface area contributed by atoms with E-state index in [4.69, 9.17) is 5.11 Å². The Labute approximate surface area is 98.5 Å². The third-order valence-electron chi connectivity index (χ3n) is 2.15. The van der Waals surface area contributed by atoms with Crippen LogP contribution in [0, 0.1) is 11.8 Å². The normalized spacial score (nSPS) is 9.47. The molecule has 0 radical (unpaired) electrons. The van der Waals surface area contributed by atoms with Gasteiger partial charge in [0.05, 0.1) is 5.56 Å². The first-order chi connectivity index (χ1) is 8.16. The fourth-order valence-corrected chi connectivity index (χ4v) is 1.40. The average molecular weight is 226 g/mol. The fraction of sp³-hybridized carbons (Fsp3) is 0.0769. The number of rotatable bonds is 1. The lowest BCUT2D eigenvalue weighted by Crippen LogP contribution is -2.00. The number of nitrogens with zero attached hydrogens (tertiary/aromatic N) is 2. The van der Waals surface area contributed by atoms with Crippen molar-refractivity contribution in [2.75, 3.05) is 0 Å². The molecule has 1 aromatic carbocycles. The Hall–Kier alpha value is -2.54. The Morgan fingerprint density at radius 2 is 2.00 bits per heavy atom. The van der Waals surface area contributed by atoms with Gasteiger partial charge in [0.1, 0.15) is 0 Å². The summed E-state index contributed by atoms with van der Waals surface area (Å²) < 4.78 is 1.44. The standard InChI is InChI=1S/C13H10N2O2/c1-15-9-11(12(14-15)13(16)17)8-7-10-5-3-2-4-6-10/h2-6,9H,1H3,(H,16,17). The van der Waals surface area contributed by atoms with Gasteiger partial charge in [-0.1, -0.05) is 30.0 Å². The second-order valence-corrected chi connectivity index (χ2v) is 3.49. The molecule has 4 heteroatoms. The van der Waals surface area contributed by atoms with Crippen LogP contribution in [0.15, 0.2) is 36.5 Å². The Bertz CT molecular complexity index is 603. The predicted molar refractivity (Wildman–Crippen MR) is 62.6 cm³/mol. The molecule has 0 aliphatic rings. The second kappa shape index (κ2) is 4.54. The summed E-state index contributed by atoms with van der Waals surface area (Å²) in [6, 6.07) is 9.39. The maximum absolute atomic E-state index is 10.9. The molecule has 2 rings (SSSR count). The quantitative estimate of drug-likeness (QED) is 0.750. The number of aryl methyl sites for hydroxylation is 1. The number of hydrogen-bond acceptors (Lipinski definition) is 2. The summed E-state index contributed by atoms with van der Waals surface area (Å²) in [6.07, 6.45) is 1.60. The van der Waals surface area contributed by atoms with Crippen LogP contribution < -0.4 is 0 Å². The number of carbonyl (C=O) groups is 1. The number of aromatic nitrogens is 2. The first kappa shape index (κ1) is 11.0. The summed E-state index contributed by atoms with van der Waals surface area (Å²) in [5.41, 5.74) is 1.24. The van der Waals surface area contributed by atoms with Gasteiger partial charge in [-0.25, -0.2) is 4.79 Å². The molecule has 1 aromatic heterocycles. The van der Waals surface area contributed by atoms with Crippen molar-refractivity contribution in [1.82, 2.24) is 9.78 Å². The monoisotopic (exact) mass is 226 g/mol. The van der Waals surface area contributed by atoms with Crippen molar-refractivity contribution in [3.63, 3.8) is 0 Å². The maximum atomic E-state index is 10.9. The smallest absolute Gasteiger partial charge is 0.357 e. The van der Waals surface area contributed by atoms with E-state index in [1.54, 1.807) is 13.2 Å². The lowest BCUT2D eigenvalue weighted by molar-refractivity contribution is 0.0689. The number of aromatic carboxylic acids is 1. The number of hydrogen-bond donors (Lipinski definition) is 1. The van der Waals surface area contributed by atoms with Crippen molar-refractivity contribution in [1.29, 1.82) is 0 Å². The highest BCUT2D eigenvalue weighted by Gasteiger charge is 2.12. The van der Waals surface area contributed by atoms with Crippen LogP contribution in [0.4, 0.5) is 0 Å². The molecule has 0 spiro atoms. The van der Waals surface area contributed by atoms with E-state index in [0.29, 0.717) is 5.56 Å². The Morgan fingerprint density at radius 1 is 1.29 bits per heavy atom. The number of benzene rings is 1. The summed E-state index contributed by atoms with van der Waals surface area (Å²) in [6.45, 7) is 0. The van der Waals surface area contributed by atoms with Gasteiger partial charge in [0.15, 0.2) is 5.69 Å². The molecule has 84 valence electrons. The molecule has 17 heavy (non-hydrogen) atoms. The van der Waals surface area contributed by atoms with Crippen molar-refractivity contribution in [3.05, 3.63) is 53.3 Å². The largest absolute Gasteiger partial charge is 0.476 e. The van der Waals surface area contributed by atoms with Gasteiger partial charge in [-0.05, 0) is 12.1 Å². The van der Waals surface area contributed by atoms with Crippen LogP contribution in [0.1, 0.15) is 21.6 Å². The molecule has 0 saturated heterocycles. The van der Waals surface area contributed by atoms with Crippen molar-refractivity contribution in [2.45, 2.75) is 0 Å². The molecule has 0 saturated carbocycles. The number of carboxylic acids is 1. The molecular formula is C13H10N2O2. The van der Waals surface area contributed by atoms with Gasteiger partial charge in [0, 0.05) is 18.8 Å². The third-order valence-corrected chi connectivity index (χ3v) is 2.15. The molecule has 0 atom stereocenters. The van der Waals surface area contributed by atoms with Crippen LogP contribution >= 0.6 is 0 Å². The molecule has 0 unspecified atom stereocenters. The summed E-state index contributed by atoms with van der Waals surface area (Å²) in [4.78, 5) is 10.9. The lowest BCUT2D eigenvalue weighted by atomic mass is 10.2. The Kier molecular flexibility index (Phi) is 2.93. The topological polar surface area (TPSA) is 55.1 Å². The van der Waals surface area contributed by atoms with Gasteiger partial charge < -0.3 is 5.11 Å². The van der Waals surface area contributed by atoms with E-state index in [0.717, 1.165) is 5.56 Å². The van der Waals surface area contributed by atoms with Crippen LogP contribution in [-0.4, -0.2) is 20.9 Å². The van der Waals surface area contributed by atoms with E-state index in [1.165, 1.54) is 4.68 Å². The zero-order valence-electron chi connectivity index (χ0n) is 9.21. The van der Waals surface area contributed by atoms with Gasteiger partial charge in [0.2, 0.25) is 0 Å². The van der Waals surface area contributed by atoms with Crippen molar-refractivity contribution in [2.24, 2.45) is 7.05 Å². The summed E-state index contributed by atoms with van der Waals surface area (Å²) in [7, 11) is 1.67. The van der Waals surface area contributed by atoms with Crippen LogP contribution in [0.3, 0.4) is 0 Å². The second-order valence-electron chi connectivity index (χ2n) is 3.49. The predicted octanol–water partition coefficient (Wildman–Crippen LogP) is 1.52. The highest BCUT2D eigenvalue weighted by Crippen LogP contribution is 2.05. The first-order valence-electron chi connectivity index (χ1n) is 5.01. The van der Waals surface area contributed by atoms with E-state index in [-0.39, 0.29) is 5.69 Å². The van der Waals surface area contributed by atoms with Crippen LogP contribution in [0.25, 0.3) is 0 Å². The van der Waals surface area contributed by atoms with Crippen molar-refractivity contribution >= 4 is 5.97 Å². The molecule has 1 heterocycles. The van der Waals surface area contributed by atoms with E-state index < -0.39 is 5.97 Å². The Morgan fingerprint density at radius 3 is 2.65 bits per heavy atom. The van der Waals surface area contributed by atoms with Gasteiger partial charge in [-0.3, -0.25) is 4.68 Å². The fourth-order valence-electron chi connectivity index (χ4n) is 1.40. The molecular weight excluding hydrogens is 216 g/mol. The lowest BCUT2D eigenvalue weighted by Gasteiger charge is -1.87. The van der Waals surface area contributed by atoms with Gasteiger partial charge in [-0.2, -0.15) is 5.10 Å². The van der Waals surface area contributed by atoms with Crippen molar-refractivity contribution in [3.8, 4) is 11.8 Å². The number of carboxylic acid groups (broad SMARTS) is 1. The summed E-state index contributed by atoms with van der Waals surface area (Å²) in [5, 5.41) is 12.8. The van der Waals surface area contributed by atoms with E-state index >= 15 is 0 Å². The highest BCUT2D eigenvalue weighted by atomic mass is 16.4. The third kappa shape index (κ3) is 2.52. The zero-order valence-corrected chi connectivity index (χ0v) is 9.21. The first-order valence-corrected chi connectivity index (χ1v) is 5.01. The van der Waals surface area contributed by atoms with Gasteiger partial charge in [-0.15, -0.1) is 0 Å². The molecule has 0 aliphatic carbocycles. The average Bonchev–Trinajstić information content (AvgIpc) is 2.69. The molecule has 1 N–H and O–H groups in total. The molecule has 4 nitrogen and oxygen atoms in total.